The van der Waals surface area contributed by atoms with E-state index in [1.165, 1.54) is 139 Å². The zero-order chi connectivity index (χ0) is 21.6. The molecule has 1 nitrogen and oxygen atoms in total. The van der Waals surface area contributed by atoms with Crippen LogP contribution < -0.4 is 0 Å². The highest BCUT2D eigenvalue weighted by molar-refractivity contribution is 5.78. The maximum absolute atomic E-state index is 6.23. The van der Waals surface area contributed by atoms with Crippen LogP contribution in [-0.2, 0) is 12.8 Å². The van der Waals surface area contributed by atoms with Gasteiger partial charge in [-0.3, -0.25) is 0 Å². The molecule has 0 atom stereocenters. The van der Waals surface area contributed by atoms with Crippen LogP contribution in [-0.4, -0.2) is 0 Å². The Morgan fingerprint density at radius 2 is 1.32 bits per heavy atom. The second-order valence-corrected chi connectivity index (χ2v) is 10.3. The summed E-state index contributed by atoms with van der Waals surface area (Å²) in [5.41, 5.74) is 2.56. The first-order chi connectivity index (χ1) is 15.3. The molecule has 1 heteroatoms. The summed E-state index contributed by atoms with van der Waals surface area (Å²) in [4.78, 5) is 0. The van der Waals surface area contributed by atoms with Crippen molar-refractivity contribution in [1.82, 2.24) is 0 Å². The van der Waals surface area contributed by atoms with E-state index < -0.39 is 0 Å². The molecule has 0 N–H and O–H groups in total. The van der Waals surface area contributed by atoms with Crippen LogP contribution in [0.2, 0.25) is 0 Å². The summed E-state index contributed by atoms with van der Waals surface area (Å²) in [6.07, 6.45) is 27.9. The number of hydrogen-bond donors (Lipinski definition) is 0. The predicted molar refractivity (Wildman–Crippen MR) is 136 cm³/mol. The molecule has 1 heterocycles. The first kappa shape index (κ1) is 24.4. The van der Waals surface area contributed by atoms with Gasteiger partial charge >= 0.3 is 0 Å². The fourth-order valence-corrected chi connectivity index (χ4v) is 5.41. The molecule has 1 saturated carbocycles. The molecule has 0 aliphatic heterocycles. The van der Waals surface area contributed by atoms with Crippen molar-refractivity contribution in [2.75, 3.05) is 0 Å². The van der Waals surface area contributed by atoms with Gasteiger partial charge in [0.25, 0.3) is 0 Å². The third-order valence-corrected chi connectivity index (χ3v) is 7.42. The summed E-state index contributed by atoms with van der Waals surface area (Å²) < 4.78 is 6.23. The Hall–Kier alpha value is -1.24. The first-order valence-corrected chi connectivity index (χ1v) is 13.9. The lowest BCUT2D eigenvalue weighted by Gasteiger charge is -2.20. The average molecular weight is 425 g/mol. The minimum absolute atomic E-state index is 0.847. The summed E-state index contributed by atoms with van der Waals surface area (Å²) >= 11 is 0. The molecule has 0 saturated heterocycles. The SMILES string of the molecule is CCCCCCCCCCCCCCCc1ccc2cc(CC3CCCCC3)oc2c1. The van der Waals surface area contributed by atoms with Crippen molar-refractivity contribution in [3.8, 4) is 0 Å². The largest absolute Gasteiger partial charge is 0.461 e. The van der Waals surface area contributed by atoms with E-state index in [2.05, 4.69) is 31.2 Å². The van der Waals surface area contributed by atoms with Gasteiger partial charge in [-0.05, 0) is 36.5 Å². The Balaban J connectivity index is 1.24. The summed E-state index contributed by atoms with van der Waals surface area (Å²) in [6.45, 7) is 2.30. The van der Waals surface area contributed by atoms with Crippen molar-refractivity contribution in [1.29, 1.82) is 0 Å². The third kappa shape index (κ3) is 9.42. The van der Waals surface area contributed by atoms with Gasteiger partial charge in [0.15, 0.2) is 0 Å². The number of unbranched alkanes of at least 4 members (excludes halogenated alkanes) is 12. The number of furan rings is 1. The molecular formula is C30H48O. The normalized spacial score (nSPS) is 15.1. The van der Waals surface area contributed by atoms with Gasteiger partial charge in [-0.1, -0.05) is 128 Å². The van der Waals surface area contributed by atoms with Crippen LogP contribution in [0.4, 0.5) is 0 Å². The van der Waals surface area contributed by atoms with Crippen LogP contribution in [0.1, 0.15) is 134 Å². The average Bonchev–Trinajstić information content (AvgIpc) is 3.19. The topological polar surface area (TPSA) is 13.1 Å². The molecular weight excluding hydrogens is 376 g/mol. The molecule has 0 radical (unpaired) electrons. The lowest BCUT2D eigenvalue weighted by atomic mass is 9.86. The van der Waals surface area contributed by atoms with Gasteiger partial charge in [-0.25, -0.2) is 0 Å². The Labute approximate surface area is 192 Å². The number of aryl methyl sites for hydroxylation is 1. The lowest BCUT2D eigenvalue weighted by Crippen LogP contribution is -2.08. The molecule has 1 aliphatic rings. The van der Waals surface area contributed by atoms with Crippen LogP contribution in [0.5, 0.6) is 0 Å². The van der Waals surface area contributed by atoms with E-state index >= 15 is 0 Å². The van der Waals surface area contributed by atoms with E-state index in [4.69, 9.17) is 4.42 Å². The molecule has 0 unspecified atom stereocenters. The van der Waals surface area contributed by atoms with E-state index in [9.17, 15) is 0 Å². The molecule has 1 aromatic heterocycles. The van der Waals surface area contributed by atoms with Crippen molar-refractivity contribution >= 4 is 11.0 Å². The Kier molecular flexibility index (Phi) is 11.6. The third-order valence-electron chi connectivity index (χ3n) is 7.42. The number of benzene rings is 1. The molecule has 3 rings (SSSR count). The van der Waals surface area contributed by atoms with Crippen LogP contribution in [0.3, 0.4) is 0 Å². The minimum atomic E-state index is 0.847. The van der Waals surface area contributed by atoms with Crippen molar-refractivity contribution in [2.24, 2.45) is 5.92 Å². The van der Waals surface area contributed by atoms with E-state index in [0.29, 0.717) is 0 Å². The Morgan fingerprint density at radius 1 is 0.710 bits per heavy atom. The summed E-state index contributed by atoms with van der Waals surface area (Å²) in [6, 6.07) is 9.20. The number of hydrogen-bond acceptors (Lipinski definition) is 1. The van der Waals surface area contributed by atoms with Crippen molar-refractivity contribution < 1.29 is 4.42 Å². The fourth-order valence-electron chi connectivity index (χ4n) is 5.41. The van der Waals surface area contributed by atoms with Crippen molar-refractivity contribution in [3.05, 3.63) is 35.6 Å². The van der Waals surface area contributed by atoms with E-state index in [-0.39, 0.29) is 0 Å². The lowest BCUT2D eigenvalue weighted by molar-refractivity contribution is 0.337. The maximum atomic E-state index is 6.23. The number of rotatable bonds is 16. The van der Waals surface area contributed by atoms with Gasteiger partial charge in [0.1, 0.15) is 11.3 Å². The van der Waals surface area contributed by atoms with Crippen LogP contribution in [0.15, 0.2) is 28.7 Å². The summed E-state index contributed by atoms with van der Waals surface area (Å²) in [5.74, 6) is 2.06. The molecule has 2 aromatic rings. The molecule has 1 fully saturated rings. The summed E-state index contributed by atoms with van der Waals surface area (Å²) in [5, 5.41) is 1.29. The summed E-state index contributed by atoms with van der Waals surface area (Å²) in [7, 11) is 0. The predicted octanol–water partition coefficient (Wildman–Crippen LogP) is 10.2. The molecule has 0 amide bonds. The van der Waals surface area contributed by atoms with E-state index in [0.717, 1.165) is 17.9 Å². The van der Waals surface area contributed by atoms with Gasteiger partial charge in [0.2, 0.25) is 0 Å². The minimum Gasteiger partial charge on any atom is -0.461 e. The molecule has 31 heavy (non-hydrogen) atoms. The van der Waals surface area contributed by atoms with Gasteiger partial charge in [-0.2, -0.15) is 0 Å². The van der Waals surface area contributed by atoms with Gasteiger partial charge in [-0.15, -0.1) is 0 Å². The van der Waals surface area contributed by atoms with Gasteiger partial charge in [0.05, 0.1) is 0 Å². The van der Waals surface area contributed by atoms with E-state index in [1.54, 1.807) is 0 Å². The fraction of sp³-hybridized carbons (Fsp3) is 0.733. The highest BCUT2D eigenvalue weighted by atomic mass is 16.3. The van der Waals surface area contributed by atoms with Crippen LogP contribution in [0, 0.1) is 5.92 Å². The quantitative estimate of drug-likeness (QED) is 0.244. The van der Waals surface area contributed by atoms with Gasteiger partial charge < -0.3 is 4.42 Å². The standard InChI is InChI=1S/C30H48O/c1-2-3-4-5-6-7-8-9-10-11-12-13-15-20-27-21-22-28-25-29(31-30(28)24-27)23-26-18-16-14-17-19-26/h21-22,24-26H,2-20,23H2,1H3. The Morgan fingerprint density at radius 3 is 1.97 bits per heavy atom. The van der Waals surface area contributed by atoms with E-state index in [1.807, 2.05) is 0 Å². The van der Waals surface area contributed by atoms with Gasteiger partial charge in [0, 0.05) is 11.8 Å². The highest BCUT2D eigenvalue weighted by Crippen LogP contribution is 2.29. The number of fused-ring (bicyclic) bond motifs is 1. The highest BCUT2D eigenvalue weighted by Gasteiger charge is 2.16. The first-order valence-electron chi connectivity index (χ1n) is 13.9. The Bertz CT molecular complexity index is 706. The molecule has 0 spiro atoms. The van der Waals surface area contributed by atoms with Crippen molar-refractivity contribution in [2.45, 2.75) is 135 Å². The van der Waals surface area contributed by atoms with Crippen LogP contribution in [0.25, 0.3) is 11.0 Å². The van der Waals surface area contributed by atoms with Crippen molar-refractivity contribution in [3.63, 3.8) is 0 Å². The zero-order valence-corrected chi connectivity index (χ0v) is 20.4. The monoisotopic (exact) mass is 424 g/mol. The zero-order valence-electron chi connectivity index (χ0n) is 20.4. The molecule has 174 valence electrons. The molecule has 0 bridgehead atoms. The smallest absolute Gasteiger partial charge is 0.134 e. The molecule has 1 aromatic carbocycles. The molecule has 1 aliphatic carbocycles. The maximum Gasteiger partial charge on any atom is 0.134 e. The van der Waals surface area contributed by atoms with Crippen LogP contribution >= 0.6 is 0 Å². The second kappa shape index (κ2) is 14.8. The second-order valence-electron chi connectivity index (χ2n) is 10.3.